The Morgan fingerprint density at radius 2 is 2.00 bits per heavy atom. The normalized spacial score (nSPS) is 10.4. The van der Waals surface area contributed by atoms with Gasteiger partial charge in [0, 0.05) is 30.2 Å². The van der Waals surface area contributed by atoms with Gasteiger partial charge < -0.3 is 15.6 Å². The Labute approximate surface area is 123 Å². The van der Waals surface area contributed by atoms with Crippen LogP contribution in [0.4, 0.5) is 5.69 Å². The Kier molecular flexibility index (Phi) is 4.90. The van der Waals surface area contributed by atoms with E-state index in [0.717, 1.165) is 11.4 Å². The van der Waals surface area contributed by atoms with Gasteiger partial charge >= 0.3 is 0 Å². The zero-order valence-corrected chi connectivity index (χ0v) is 12.0. The van der Waals surface area contributed by atoms with Gasteiger partial charge in [0.2, 0.25) is 0 Å². The second-order valence-corrected chi connectivity index (χ2v) is 4.83. The lowest BCUT2D eigenvalue weighted by Gasteiger charge is -2.22. The van der Waals surface area contributed by atoms with Crippen LogP contribution in [-0.4, -0.2) is 24.0 Å². The molecule has 1 heterocycles. The molecule has 2 rings (SSSR count). The van der Waals surface area contributed by atoms with Gasteiger partial charge in [0.1, 0.15) is 5.56 Å². The number of hydrogen-bond acceptors (Lipinski definition) is 3. The molecule has 0 saturated carbocycles. The van der Waals surface area contributed by atoms with Crippen molar-refractivity contribution in [2.45, 2.75) is 13.3 Å². The average molecular weight is 285 g/mol. The third kappa shape index (κ3) is 3.58. The molecule has 0 radical (unpaired) electrons. The highest BCUT2D eigenvalue weighted by molar-refractivity contribution is 6.05. The van der Waals surface area contributed by atoms with E-state index in [1.54, 1.807) is 11.8 Å². The zero-order valence-electron chi connectivity index (χ0n) is 12.0. The summed E-state index contributed by atoms with van der Waals surface area (Å²) in [5, 5.41) is 0. The number of carbonyl (C=O) groups is 1. The molecule has 1 aromatic carbocycles. The second kappa shape index (κ2) is 6.85. The van der Waals surface area contributed by atoms with Crippen LogP contribution in [0.5, 0.6) is 0 Å². The molecule has 3 N–H and O–H groups in total. The van der Waals surface area contributed by atoms with E-state index in [0.29, 0.717) is 19.5 Å². The lowest BCUT2D eigenvalue weighted by atomic mass is 10.2. The van der Waals surface area contributed by atoms with E-state index in [4.69, 9.17) is 5.73 Å². The van der Waals surface area contributed by atoms with Crippen LogP contribution >= 0.6 is 0 Å². The topological polar surface area (TPSA) is 79.2 Å². The molecule has 0 aliphatic carbocycles. The van der Waals surface area contributed by atoms with E-state index < -0.39 is 0 Å². The molecule has 5 nitrogen and oxygen atoms in total. The van der Waals surface area contributed by atoms with Crippen molar-refractivity contribution in [3.8, 4) is 0 Å². The van der Waals surface area contributed by atoms with Crippen molar-refractivity contribution in [2.24, 2.45) is 5.73 Å². The number of aryl methyl sites for hydroxylation is 1. The number of H-pyrrole nitrogens is 1. The van der Waals surface area contributed by atoms with Gasteiger partial charge in [-0.2, -0.15) is 0 Å². The minimum absolute atomic E-state index is 0.140. The Morgan fingerprint density at radius 3 is 2.62 bits per heavy atom. The molecular weight excluding hydrogens is 266 g/mol. The molecule has 0 unspecified atom stereocenters. The summed E-state index contributed by atoms with van der Waals surface area (Å²) in [5.41, 5.74) is 6.89. The molecule has 0 saturated heterocycles. The highest BCUT2D eigenvalue weighted by Gasteiger charge is 2.19. The zero-order chi connectivity index (χ0) is 15.2. The monoisotopic (exact) mass is 285 g/mol. The number of hydrogen-bond donors (Lipinski definition) is 2. The van der Waals surface area contributed by atoms with Crippen LogP contribution in [-0.2, 0) is 0 Å². The summed E-state index contributed by atoms with van der Waals surface area (Å²) in [4.78, 5) is 29.1. The van der Waals surface area contributed by atoms with Gasteiger partial charge in [-0.1, -0.05) is 18.2 Å². The van der Waals surface area contributed by atoms with E-state index in [1.165, 1.54) is 12.3 Å². The van der Waals surface area contributed by atoms with Gasteiger partial charge in [-0.05, 0) is 32.0 Å². The molecule has 0 bridgehead atoms. The van der Waals surface area contributed by atoms with Crippen LogP contribution in [0.2, 0.25) is 0 Å². The van der Waals surface area contributed by atoms with E-state index in [9.17, 15) is 9.59 Å². The van der Waals surface area contributed by atoms with E-state index in [-0.39, 0.29) is 16.9 Å². The Hall–Kier alpha value is -2.40. The lowest BCUT2D eigenvalue weighted by Crippen LogP contribution is -2.36. The third-order valence-electron chi connectivity index (χ3n) is 3.19. The summed E-state index contributed by atoms with van der Waals surface area (Å²) >= 11 is 0. The highest BCUT2D eigenvalue weighted by atomic mass is 16.2. The number of para-hydroxylation sites is 1. The minimum Gasteiger partial charge on any atom is -0.364 e. The molecule has 0 spiro atoms. The largest absolute Gasteiger partial charge is 0.364 e. The smallest absolute Gasteiger partial charge is 0.263 e. The molecule has 110 valence electrons. The molecule has 0 fully saturated rings. The Balaban J connectivity index is 2.36. The molecular formula is C16H19N3O2. The predicted octanol–water partition coefficient (Wildman–Crippen LogP) is 1.68. The van der Waals surface area contributed by atoms with Crippen molar-refractivity contribution in [1.29, 1.82) is 0 Å². The lowest BCUT2D eigenvalue weighted by molar-refractivity contribution is 0.0985. The molecule has 0 atom stereocenters. The first-order valence-electron chi connectivity index (χ1n) is 6.90. The number of amides is 1. The fraction of sp³-hybridized carbons (Fsp3) is 0.250. The molecule has 2 aromatic rings. The Bertz CT molecular complexity index is 665. The average Bonchev–Trinajstić information content (AvgIpc) is 2.48. The van der Waals surface area contributed by atoms with Crippen LogP contribution in [0.15, 0.2) is 47.4 Å². The van der Waals surface area contributed by atoms with Gasteiger partial charge in [0.15, 0.2) is 5.43 Å². The summed E-state index contributed by atoms with van der Waals surface area (Å²) < 4.78 is 0. The van der Waals surface area contributed by atoms with Gasteiger partial charge in [0.05, 0.1) is 0 Å². The van der Waals surface area contributed by atoms with Crippen molar-refractivity contribution >= 4 is 11.6 Å². The first kappa shape index (κ1) is 15.0. The minimum atomic E-state index is -0.309. The number of aromatic nitrogens is 1. The van der Waals surface area contributed by atoms with Crippen LogP contribution in [0.25, 0.3) is 0 Å². The quantitative estimate of drug-likeness (QED) is 0.877. The van der Waals surface area contributed by atoms with Gasteiger partial charge in [-0.3, -0.25) is 9.59 Å². The van der Waals surface area contributed by atoms with E-state index in [1.807, 2.05) is 30.3 Å². The van der Waals surface area contributed by atoms with Crippen LogP contribution in [0.3, 0.4) is 0 Å². The molecule has 1 amide bonds. The fourth-order valence-corrected chi connectivity index (χ4v) is 2.09. The van der Waals surface area contributed by atoms with E-state index in [2.05, 4.69) is 4.98 Å². The number of rotatable bonds is 5. The number of nitrogens with one attached hydrogen (secondary N) is 1. The molecule has 21 heavy (non-hydrogen) atoms. The van der Waals surface area contributed by atoms with Crippen LogP contribution < -0.4 is 16.1 Å². The van der Waals surface area contributed by atoms with E-state index >= 15 is 0 Å². The SMILES string of the molecule is Cc1cc(=O)c(C(=O)N(CCCN)c2ccccc2)c[nH]1. The van der Waals surface area contributed by atoms with Gasteiger partial charge in [-0.15, -0.1) is 0 Å². The Morgan fingerprint density at radius 1 is 1.29 bits per heavy atom. The second-order valence-electron chi connectivity index (χ2n) is 4.83. The highest BCUT2D eigenvalue weighted by Crippen LogP contribution is 2.16. The first-order valence-corrected chi connectivity index (χ1v) is 6.90. The van der Waals surface area contributed by atoms with Crippen molar-refractivity contribution in [1.82, 2.24) is 4.98 Å². The molecule has 0 aliphatic rings. The first-order chi connectivity index (χ1) is 10.1. The summed E-state index contributed by atoms with van der Waals surface area (Å²) in [6.45, 7) is 2.74. The summed E-state index contributed by atoms with van der Waals surface area (Å²) in [7, 11) is 0. The van der Waals surface area contributed by atoms with Crippen molar-refractivity contribution in [2.75, 3.05) is 18.0 Å². The number of aromatic amines is 1. The van der Waals surface area contributed by atoms with Crippen molar-refractivity contribution in [3.63, 3.8) is 0 Å². The maximum absolute atomic E-state index is 12.6. The van der Waals surface area contributed by atoms with Crippen LogP contribution in [0.1, 0.15) is 22.5 Å². The summed E-state index contributed by atoms with van der Waals surface area (Å²) in [6.07, 6.45) is 2.14. The van der Waals surface area contributed by atoms with Crippen molar-refractivity contribution < 1.29 is 4.79 Å². The predicted molar refractivity (Wildman–Crippen MR) is 83.6 cm³/mol. The number of anilines is 1. The van der Waals surface area contributed by atoms with Gasteiger partial charge in [0.25, 0.3) is 5.91 Å². The summed E-state index contributed by atoms with van der Waals surface area (Å²) in [6, 6.07) is 10.7. The maximum atomic E-state index is 12.6. The van der Waals surface area contributed by atoms with Crippen LogP contribution in [0, 0.1) is 6.92 Å². The number of nitrogens with two attached hydrogens (primary N) is 1. The summed E-state index contributed by atoms with van der Waals surface area (Å²) in [5.74, 6) is -0.309. The third-order valence-corrected chi connectivity index (χ3v) is 3.19. The number of nitrogens with zero attached hydrogens (tertiary/aromatic N) is 1. The molecule has 1 aromatic heterocycles. The molecule has 5 heteroatoms. The fourth-order valence-electron chi connectivity index (χ4n) is 2.09. The standard InChI is InChI=1S/C16H19N3O2/c1-12-10-15(20)14(11-18-12)16(21)19(9-5-8-17)13-6-3-2-4-7-13/h2-4,6-7,10-11H,5,8-9,17H2,1H3,(H,18,20). The van der Waals surface area contributed by atoms with Gasteiger partial charge in [-0.25, -0.2) is 0 Å². The molecule has 0 aliphatic heterocycles. The number of pyridine rings is 1. The van der Waals surface area contributed by atoms with Crippen molar-refractivity contribution in [3.05, 3.63) is 64.1 Å². The number of carbonyl (C=O) groups excluding carboxylic acids is 1. The maximum Gasteiger partial charge on any atom is 0.263 e. The number of benzene rings is 1.